The molecule has 7 heteroatoms. The van der Waals surface area contributed by atoms with Gasteiger partial charge in [0.1, 0.15) is 5.69 Å². The molecule has 110 valence electrons. The van der Waals surface area contributed by atoms with Crippen molar-refractivity contribution in [3.8, 4) is 0 Å². The van der Waals surface area contributed by atoms with Crippen molar-refractivity contribution in [2.45, 2.75) is 20.4 Å². The van der Waals surface area contributed by atoms with Gasteiger partial charge in [-0.25, -0.2) is 0 Å². The van der Waals surface area contributed by atoms with Gasteiger partial charge >= 0.3 is 0 Å². The third kappa shape index (κ3) is 4.20. The molecule has 0 aliphatic heterocycles. The van der Waals surface area contributed by atoms with Crippen LogP contribution in [0.2, 0.25) is 0 Å². The Bertz CT molecular complexity index is 491. The number of likely N-dealkylation sites (N-methyl/N-ethyl adjacent to an activating group) is 2. The van der Waals surface area contributed by atoms with E-state index < -0.39 is 4.92 Å². The van der Waals surface area contributed by atoms with Gasteiger partial charge in [0.05, 0.1) is 11.5 Å². The van der Waals surface area contributed by atoms with E-state index in [-0.39, 0.29) is 23.8 Å². The average Bonchev–Trinajstić information content (AvgIpc) is 2.40. The molecular formula is C13H20N4O3. The summed E-state index contributed by atoms with van der Waals surface area (Å²) in [6, 6.07) is 4.71. The van der Waals surface area contributed by atoms with Crippen molar-refractivity contribution in [3.63, 3.8) is 0 Å². The fourth-order valence-corrected chi connectivity index (χ4v) is 1.87. The smallest absolute Gasteiger partial charge is 0.292 e. The third-order valence-electron chi connectivity index (χ3n) is 2.95. The molecule has 0 bridgehead atoms. The molecule has 1 aromatic rings. The third-order valence-corrected chi connectivity index (χ3v) is 2.95. The molecule has 1 rings (SSSR count). The van der Waals surface area contributed by atoms with Crippen LogP contribution in [0.1, 0.15) is 19.4 Å². The highest BCUT2D eigenvalue weighted by Gasteiger charge is 2.16. The van der Waals surface area contributed by atoms with Gasteiger partial charge in [-0.2, -0.15) is 0 Å². The zero-order valence-corrected chi connectivity index (χ0v) is 11.8. The zero-order valence-electron chi connectivity index (χ0n) is 11.8. The minimum absolute atomic E-state index is 0.0710. The van der Waals surface area contributed by atoms with E-state index in [1.54, 1.807) is 12.1 Å². The van der Waals surface area contributed by atoms with Gasteiger partial charge in [0, 0.05) is 19.2 Å². The minimum atomic E-state index is -0.501. The highest BCUT2D eigenvalue weighted by molar-refractivity contribution is 5.78. The predicted octanol–water partition coefficient (Wildman–Crippen LogP) is 1.13. The van der Waals surface area contributed by atoms with Crippen LogP contribution in [0.5, 0.6) is 0 Å². The Labute approximate surface area is 117 Å². The number of nitrogens with one attached hydrogen (secondary N) is 1. The van der Waals surface area contributed by atoms with E-state index in [9.17, 15) is 14.9 Å². The zero-order chi connectivity index (χ0) is 15.1. The van der Waals surface area contributed by atoms with Crippen LogP contribution in [-0.4, -0.2) is 35.4 Å². The molecule has 0 aliphatic carbocycles. The van der Waals surface area contributed by atoms with Crippen LogP contribution in [0.15, 0.2) is 18.2 Å². The maximum absolute atomic E-state index is 11.6. The van der Waals surface area contributed by atoms with Gasteiger partial charge in [-0.15, -0.1) is 0 Å². The predicted molar refractivity (Wildman–Crippen MR) is 77.1 cm³/mol. The number of hydrogen-bond acceptors (Lipinski definition) is 5. The van der Waals surface area contributed by atoms with Crippen LogP contribution < -0.4 is 11.1 Å². The number of anilines is 1. The lowest BCUT2D eigenvalue weighted by Gasteiger charge is -2.20. The van der Waals surface area contributed by atoms with Crippen LogP contribution in [0, 0.1) is 10.1 Å². The van der Waals surface area contributed by atoms with Gasteiger partial charge in [-0.05, 0) is 19.0 Å². The molecule has 0 fully saturated rings. The second-order valence-corrected chi connectivity index (χ2v) is 4.36. The maximum atomic E-state index is 11.6. The van der Waals surface area contributed by atoms with Crippen LogP contribution in [0.3, 0.4) is 0 Å². The number of rotatable bonds is 7. The minimum Gasteiger partial charge on any atom is -0.393 e. The molecule has 7 nitrogen and oxygen atoms in total. The summed E-state index contributed by atoms with van der Waals surface area (Å²) >= 11 is 0. The molecule has 0 atom stereocenters. The largest absolute Gasteiger partial charge is 0.393 e. The lowest BCUT2D eigenvalue weighted by molar-refractivity contribution is -0.384. The Hall–Kier alpha value is -2.15. The average molecular weight is 280 g/mol. The lowest BCUT2D eigenvalue weighted by Crippen LogP contribution is -2.36. The Morgan fingerprint density at radius 3 is 2.70 bits per heavy atom. The summed E-state index contributed by atoms with van der Waals surface area (Å²) in [6.45, 7) is 5.65. The molecule has 0 aromatic heterocycles. The number of amides is 1. The molecular weight excluding hydrogens is 260 g/mol. The Morgan fingerprint density at radius 2 is 2.15 bits per heavy atom. The molecule has 0 saturated heterocycles. The first-order valence-electron chi connectivity index (χ1n) is 6.50. The Kier molecular flexibility index (Phi) is 5.92. The van der Waals surface area contributed by atoms with E-state index in [0.29, 0.717) is 25.2 Å². The standard InChI is InChI=1S/C13H20N4O3/c1-3-15-12(18)9-16(4-2)8-10-6-5-7-11(13(10)14)17(19)20/h5-7H,3-4,8-9,14H2,1-2H3,(H,15,18). The second kappa shape index (κ2) is 7.44. The number of nitro benzene ring substituents is 1. The highest BCUT2D eigenvalue weighted by atomic mass is 16.6. The summed E-state index contributed by atoms with van der Waals surface area (Å²) in [6.07, 6.45) is 0. The van der Waals surface area contributed by atoms with Gasteiger partial charge in [-0.3, -0.25) is 19.8 Å². The quantitative estimate of drug-likeness (QED) is 0.443. The van der Waals surface area contributed by atoms with Crippen LogP contribution in [0.25, 0.3) is 0 Å². The molecule has 0 unspecified atom stereocenters. The monoisotopic (exact) mass is 280 g/mol. The lowest BCUT2D eigenvalue weighted by atomic mass is 10.1. The molecule has 0 heterocycles. The van der Waals surface area contributed by atoms with Crippen LogP contribution in [-0.2, 0) is 11.3 Å². The van der Waals surface area contributed by atoms with E-state index in [4.69, 9.17) is 5.73 Å². The number of carbonyl (C=O) groups excluding carboxylic acids is 1. The van der Waals surface area contributed by atoms with Gasteiger partial charge in [-0.1, -0.05) is 19.1 Å². The fourth-order valence-electron chi connectivity index (χ4n) is 1.87. The van der Waals surface area contributed by atoms with Gasteiger partial charge < -0.3 is 11.1 Å². The molecule has 0 spiro atoms. The molecule has 1 amide bonds. The van der Waals surface area contributed by atoms with E-state index in [2.05, 4.69) is 5.32 Å². The van der Waals surface area contributed by atoms with Gasteiger partial charge in [0.15, 0.2) is 0 Å². The number of nitrogen functional groups attached to an aromatic ring is 1. The van der Waals surface area contributed by atoms with Gasteiger partial charge in [0.25, 0.3) is 5.69 Å². The normalized spacial score (nSPS) is 10.6. The summed E-state index contributed by atoms with van der Waals surface area (Å²) in [5, 5.41) is 13.6. The number of nitrogens with two attached hydrogens (primary N) is 1. The number of nitrogens with zero attached hydrogens (tertiary/aromatic N) is 2. The van der Waals surface area contributed by atoms with E-state index in [0.717, 1.165) is 0 Å². The maximum Gasteiger partial charge on any atom is 0.292 e. The topological polar surface area (TPSA) is 102 Å². The van der Waals surface area contributed by atoms with Crippen LogP contribution >= 0.6 is 0 Å². The fraction of sp³-hybridized carbons (Fsp3) is 0.462. The second-order valence-electron chi connectivity index (χ2n) is 4.36. The number of nitro groups is 1. The highest BCUT2D eigenvalue weighted by Crippen LogP contribution is 2.25. The van der Waals surface area contributed by atoms with Gasteiger partial charge in [0.2, 0.25) is 5.91 Å². The summed E-state index contributed by atoms with van der Waals surface area (Å²) < 4.78 is 0. The molecule has 20 heavy (non-hydrogen) atoms. The molecule has 0 saturated carbocycles. The van der Waals surface area contributed by atoms with Crippen molar-refractivity contribution >= 4 is 17.3 Å². The number of para-hydroxylation sites is 1. The number of benzene rings is 1. The molecule has 0 radical (unpaired) electrons. The first kappa shape index (κ1) is 15.9. The Morgan fingerprint density at radius 1 is 1.45 bits per heavy atom. The Balaban J connectivity index is 2.82. The number of hydrogen-bond donors (Lipinski definition) is 2. The van der Waals surface area contributed by atoms with Crippen molar-refractivity contribution in [1.29, 1.82) is 0 Å². The van der Waals surface area contributed by atoms with E-state index >= 15 is 0 Å². The summed E-state index contributed by atoms with van der Waals surface area (Å²) in [7, 11) is 0. The van der Waals surface area contributed by atoms with E-state index in [1.807, 2.05) is 18.7 Å². The summed E-state index contributed by atoms with van der Waals surface area (Å²) in [4.78, 5) is 23.8. The number of carbonyl (C=O) groups is 1. The molecule has 3 N–H and O–H groups in total. The summed E-state index contributed by atoms with van der Waals surface area (Å²) in [5.41, 5.74) is 6.52. The summed E-state index contributed by atoms with van der Waals surface area (Å²) in [5.74, 6) is -0.0710. The van der Waals surface area contributed by atoms with Crippen molar-refractivity contribution in [2.75, 3.05) is 25.4 Å². The SMILES string of the molecule is CCNC(=O)CN(CC)Cc1cccc([N+](=O)[O-])c1N. The molecule has 0 aliphatic rings. The molecule has 1 aromatic carbocycles. The van der Waals surface area contributed by atoms with Crippen LogP contribution in [0.4, 0.5) is 11.4 Å². The van der Waals surface area contributed by atoms with E-state index in [1.165, 1.54) is 6.07 Å². The first-order valence-corrected chi connectivity index (χ1v) is 6.50. The van der Waals surface area contributed by atoms with Crippen molar-refractivity contribution in [3.05, 3.63) is 33.9 Å². The van der Waals surface area contributed by atoms with Crippen molar-refractivity contribution < 1.29 is 9.72 Å². The van der Waals surface area contributed by atoms with Crippen molar-refractivity contribution in [1.82, 2.24) is 10.2 Å². The van der Waals surface area contributed by atoms with Crippen molar-refractivity contribution in [2.24, 2.45) is 0 Å². The first-order chi connectivity index (χ1) is 9.49.